The van der Waals surface area contributed by atoms with E-state index in [-0.39, 0.29) is 23.8 Å². The summed E-state index contributed by atoms with van der Waals surface area (Å²) in [5.74, 6) is 0.231. The molecule has 38 heavy (non-hydrogen) atoms. The second-order valence-corrected chi connectivity index (χ2v) is 11.8. The Kier molecular flexibility index (Phi) is 18.3. The zero-order valence-electron chi connectivity index (χ0n) is 24.9. The number of unbranched alkanes of at least 4 members (excludes halogenated alkanes) is 15. The second kappa shape index (κ2) is 21.3. The van der Waals surface area contributed by atoms with Crippen LogP contribution in [0.3, 0.4) is 0 Å². The number of allylic oxidation sites excluding steroid dienone is 2. The van der Waals surface area contributed by atoms with E-state index < -0.39 is 0 Å². The maximum atomic E-state index is 13.1. The summed E-state index contributed by atoms with van der Waals surface area (Å²) in [6, 6.07) is 0. The first-order chi connectivity index (χ1) is 18.6. The smallest absolute Gasteiger partial charge is 0.407 e. The van der Waals surface area contributed by atoms with Gasteiger partial charge in [-0.2, -0.15) is 0 Å². The molecular weight excluding hydrogens is 474 g/mol. The molecule has 2 amide bonds. The average molecular weight is 534 g/mol. The second-order valence-electron chi connectivity index (χ2n) is 11.8. The summed E-state index contributed by atoms with van der Waals surface area (Å²) < 4.78 is 5.53. The molecular formula is C32H59N3O3. The van der Waals surface area contributed by atoms with Crippen LogP contribution in [0, 0.1) is 11.8 Å². The van der Waals surface area contributed by atoms with Gasteiger partial charge in [0.2, 0.25) is 5.91 Å². The van der Waals surface area contributed by atoms with Gasteiger partial charge in [-0.3, -0.25) is 4.79 Å². The van der Waals surface area contributed by atoms with Gasteiger partial charge in [-0.15, -0.1) is 0 Å². The molecule has 1 aliphatic carbocycles. The van der Waals surface area contributed by atoms with Crippen molar-refractivity contribution in [2.24, 2.45) is 11.8 Å². The average Bonchev–Trinajstić information content (AvgIpc) is 2.93. The minimum absolute atomic E-state index is 0.0727. The number of carbonyl (C=O) groups is 2. The summed E-state index contributed by atoms with van der Waals surface area (Å²) >= 11 is 0. The minimum atomic E-state index is -0.341. The molecule has 6 heteroatoms. The van der Waals surface area contributed by atoms with Crippen LogP contribution < -0.4 is 5.32 Å². The van der Waals surface area contributed by atoms with E-state index in [2.05, 4.69) is 36.3 Å². The van der Waals surface area contributed by atoms with Crippen molar-refractivity contribution >= 4 is 12.0 Å². The van der Waals surface area contributed by atoms with Gasteiger partial charge in [0.1, 0.15) is 0 Å². The highest BCUT2D eigenvalue weighted by atomic mass is 16.5. The summed E-state index contributed by atoms with van der Waals surface area (Å²) in [6.07, 6.45) is 27.0. The molecule has 2 atom stereocenters. The third-order valence-corrected chi connectivity index (χ3v) is 8.42. The number of ether oxygens (including phenoxy) is 1. The van der Waals surface area contributed by atoms with Crippen molar-refractivity contribution in [1.29, 1.82) is 0 Å². The molecule has 0 bridgehead atoms. The third kappa shape index (κ3) is 14.6. The van der Waals surface area contributed by atoms with Crippen LogP contribution in [0.15, 0.2) is 12.2 Å². The molecule has 1 fully saturated rings. The normalized spacial score (nSPS) is 20.0. The lowest BCUT2D eigenvalue weighted by Gasteiger charge is -2.37. The standard InChI is InChI=1S/C32H59N3O3/c1-3-4-5-6-7-8-9-10-11-12-13-14-15-16-17-20-23-33-32(37)38-28-29-21-18-19-22-30(29)31(36)35-26-24-34(2)25-27-35/h18-19,29-30H,3-17,20-28H2,1-2H3,(H,33,37). The Morgan fingerprint density at radius 2 is 1.24 bits per heavy atom. The van der Waals surface area contributed by atoms with E-state index in [1.165, 1.54) is 89.9 Å². The first kappa shape index (κ1) is 32.7. The van der Waals surface area contributed by atoms with Gasteiger partial charge in [-0.1, -0.05) is 115 Å². The van der Waals surface area contributed by atoms with Crippen molar-refractivity contribution in [2.45, 2.75) is 122 Å². The van der Waals surface area contributed by atoms with Crippen molar-refractivity contribution in [3.8, 4) is 0 Å². The molecule has 1 aliphatic heterocycles. The van der Waals surface area contributed by atoms with Gasteiger partial charge in [-0.05, 0) is 26.3 Å². The number of likely N-dealkylation sites (N-methyl/N-ethyl adjacent to an activating group) is 1. The van der Waals surface area contributed by atoms with Crippen LogP contribution in [0.5, 0.6) is 0 Å². The molecule has 0 aromatic carbocycles. The highest BCUT2D eigenvalue weighted by molar-refractivity contribution is 5.79. The minimum Gasteiger partial charge on any atom is -0.449 e. The first-order valence-electron chi connectivity index (χ1n) is 16.1. The Morgan fingerprint density at radius 1 is 0.737 bits per heavy atom. The van der Waals surface area contributed by atoms with E-state index in [9.17, 15) is 9.59 Å². The highest BCUT2D eigenvalue weighted by Crippen LogP contribution is 2.28. The lowest BCUT2D eigenvalue weighted by Crippen LogP contribution is -2.50. The van der Waals surface area contributed by atoms with Crippen LogP contribution in [0.1, 0.15) is 122 Å². The molecule has 1 saturated heterocycles. The number of piperazine rings is 1. The van der Waals surface area contributed by atoms with Gasteiger partial charge in [0.25, 0.3) is 0 Å². The Bertz CT molecular complexity index is 646. The first-order valence-corrected chi connectivity index (χ1v) is 16.1. The topological polar surface area (TPSA) is 61.9 Å². The molecule has 0 saturated carbocycles. The van der Waals surface area contributed by atoms with Crippen LogP contribution in [0.25, 0.3) is 0 Å². The fourth-order valence-electron chi connectivity index (χ4n) is 5.72. The number of rotatable bonds is 20. The van der Waals surface area contributed by atoms with Crippen molar-refractivity contribution in [2.75, 3.05) is 46.4 Å². The number of hydrogen-bond donors (Lipinski definition) is 1. The molecule has 220 valence electrons. The quantitative estimate of drug-likeness (QED) is 0.131. The summed E-state index contributed by atoms with van der Waals surface area (Å²) in [4.78, 5) is 29.5. The zero-order valence-corrected chi connectivity index (χ0v) is 24.9. The third-order valence-electron chi connectivity index (χ3n) is 8.42. The highest BCUT2D eigenvalue weighted by Gasteiger charge is 2.33. The van der Waals surface area contributed by atoms with Gasteiger partial charge < -0.3 is 19.9 Å². The largest absolute Gasteiger partial charge is 0.449 e. The van der Waals surface area contributed by atoms with E-state index in [0.717, 1.165) is 51.9 Å². The number of alkyl carbamates (subject to hydrolysis) is 1. The van der Waals surface area contributed by atoms with Crippen LogP contribution in [-0.4, -0.2) is 68.2 Å². The monoisotopic (exact) mass is 533 g/mol. The molecule has 2 unspecified atom stereocenters. The molecule has 1 heterocycles. The fraction of sp³-hybridized carbons (Fsp3) is 0.875. The van der Waals surface area contributed by atoms with Gasteiger partial charge in [-0.25, -0.2) is 4.79 Å². The summed E-state index contributed by atoms with van der Waals surface area (Å²) in [5, 5.41) is 2.90. The summed E-state index contributed by atoms with van der Waals surface area (Å²) in [7, 11) is 2.10. The van der Waals surface area contributed by atoms with E-state index >= 15 is 0 Å². The number of carbonyl (C=O) groups excluding carboxylic acids is 2. The summed E-state index contributed by atoms with van der Waals surface area (Å²) in [5.41, 5.74) is 0. The van der Waals surface area contributed by atoms with Gasteiger partial charge in [0.05, 0.1) is 6.61 Å². The predicted molar refractivity (Wildman–Crippen MR) is 158 cm³/mol. The van der Waals surface area contributed by atoms with Gasteiger partial charge in [0.15, 0.2) is 0 Å². The Balaban J connectivity index is 1.41. The van der Waals surface area contributed by atoms with E-state index in [1.807, 2.05) is 4.90 Å². The maximum Gasteiger partial charge on any atom is 0.407 e. The number of amides is 2. The van der Waals surface area contributed by atoms with Crippen molar-refractivity contribution < 1.29 is 14.3 Å². The molecule has 1 N–H and O–H groups in total. The van der Waals surface area contributed by atoms with Crippen molar-refractivity contribution in [1.82, 2.24) is 15.1 Å². The Hall–Kier alpha value is -1.56. The summed E-state index contributed by atoms with van der Waals surface area (Å²) in [6.45, 7) is 6.72. The van der Waals surface area contributed by atoms with Crippen LogP contribution >= 0.6 is 0 Å². The molecule has 2 aliphatic rings. The molecule has 0 aromatic heterocycles. The van der Waals surface area contributed by atoms with E-state index in [0.29, 0.717) is 13.2 Å². The molecule has 0 spiro atoms. The lowest BCUT2D eigenvalue weighted by molar-refractivity contribution is -0.139. The zero-order chi connectivity index (χ0) is 27.3. The molecule has 0 aromatic rings. The van der Waals surface area contributed by atoms with E-state index in [4.69, 9.17) is 4.74 Å². The van der Waals surface area contributed by atoms with Crippen LogP contribution in [-0.2, 0) is 9.53 Å². The Labute approximate surface area is 234 Å². The fourth-order valence-corrected chi connectivity index (χ4v) is 5.72. The Morgan fingerprint density at radius 3 is 1.79 bits per heavy atom. The molecule has 0 radical (unpaired) electrons. The molecule has 2 rings (SSSR count). The predicted octanol–water partition coefficient (Wildman–Crippen LogP) is 7.33. The molecule has 6 nitrogen and oxygen atoms in total. The van der Waals surface area contributed by atoms with Crippen LogP contribution in [0.2, 0.25) is 0 Å². The maximum absolute atomic E-state index is 13.1. The van der Waals surface area contributed by atoms with Gasteiger partial charge >= 0.3 is 6.09 Å². The van der Waals surface area contributed by atoms with Crippen LogP contribution in [0.4, 0.5) is 4.79 Å². The van der Waals surface area contributed by atoms with Crippen molar-refractivity contribution in [3.05, 3.63) is 12.2 Å². The van der Waals surface area contributed by atoms with E-state index in [1.54, 1.807) is 0 Å². The van der Waals surface area contributed by atoms with Crippen molar-refractivity contribution in [3.63, 3.8) is 0 Å². The lowest BCUT2D eigenvalue weighted by atomic mass is 9.82. The SMILES string of the molecule is CCCCCCCCCCCCCCCCCCNC(=O)OCC1CC=CCC1C(=O)N1CCN(C)CC1. The number of hydrogen-bond acceptors (Lipinski definition) is 4. The number of nitrogens with one attached hydrogen (secondary N) is 1. The van der Waals surface area contributed by atoms with Gasteiger partial charge in [0, 0.05) is 44.6 Å². The number of nitrogens with zero attached hydrogens (tertiary/aromatic N) is 2.